The minimum atomic E-state index is 0.708. The van der Waals surface area contributed by atoms with Gasteiger partial charge in [0.15, 0.2) is 0 Å². The summed E-state index contributed by atoms with van der Waals surface area (Å²) >= 11 is 5.11. The molecule has 3 nitrogen and oxygen atoms in total. The highest BCUT2D eigenvalue weighted by atomic mass is 79.9. The highest BCUT2D eigenvalue weighted by molar-refractivity contribution is 9.10. The van der Waals surface area contributed by atoms with Crippen molar-refractivity contribution < 1.29 is 0 Å². The van der Waals surface area contributed by atoms with Crippen LogP contribution in [-0.4, -0.2) is 4.98 Å². The van der Waals surface area contributed by atoms with Gasteiger partial charge in [-0.25, -0.2) is 4.98 Å². The molecule has 0 saturated heterocycles. The number of benzene rings is 1. The highest BCUT2D eigenvalue weighted by Gasteiger charge is 2.02. The third kappa shape index (κ3) is 2.74. The molecule has 5 heteroatoms. The van der Waals surface area contributed by atoms with Crippen molar-refractivity contribution >= 4 is 38.6 Å². The van der Waals surface area contributed by atoms with Gasteiger partial charge in [-0.2, -0.15) is 0 Å². The van der Waals surface area contributed by atoms with E-state index in [9.17, 15) is 0 Å². The van der Waals surface area contributed by atoms with E-state index < -0.39 is 0 Å². The first-order valence-electron chi connectivity index (χ1n) is 4.85. The predicted molar refractivity (Wildman–Crippen MR) is 72.7 cm³/mol. The normalized spacial score (nSPS) is 10.4. The van der Waals surface area contributed by atoms with E-state index in [1.54, 1.807) is 11.3 Å². The van der Waals surface area contributed by atoms with Crippen molar-refractivity contribution in [3.8, 4) is 0 Å². The number of rotatable bonds is 3. The van der Waals surface area contributed by atoms with Gasteiger partial charge < -0.3 is 11.1 Å². The molecule has 0 atom stereocenters. The van der Waals surface area contributed by atoms with Crippen LogP contribution in [0, 0.1) is 6.92 Å². The lowest BCUT2D eigenvalue weighted by Gasteiger charge is -2.07. The van der Waals surface area contributed by atoms with E-state index >= 15 is 0 Å². The van der Waals surface area contributed by atoms with E-state index in [4.69, 9.17) is 5.73 Å². The Labute approximate surface area is 107 Å². The molecule has 0 bridgehead atoms. The molecule has 0 aliphatic heterocycles. The number of nitrogen functional groups attached to an aromatic ring is 1. The predicted octanol–water partition coefficient (Wildman–Crippen LogP) is 3.41. The first kappa shape index (κ1) is 11.4. The summed E-state index contributed by atoms with van der Waals surface area (Å²) < 4.78 is 1.01. The zero-order valence-corrected chi connectivity index (χ0v) is 11.2. The van der Waals surface area contributed by atoms with Crippen molar-refractivity contribution in [2.75, 3.05) is 11.1 Å². The molecule has 0 spiro atoms. The Morgan fingerprint density at radius 1 is 1.50 bits per heavy atom. The van der Waals surface area contributed by atoms with Crippen LogP contribution in [0.2, 0.25) is 0 Å². The van der Waals surface area contributed by atoms with Crippen LogP contribution in [0.25, 0.3) is 0 Å². The van der Waals surface area contributed by atoms with Crippen LogP contribution in [0.1, 0.15) is 9.88 Å². The van der Waals surface area contributed by atoms with Crippen molar-refractivity contribution in [3.05, 3.63) is 38.8 Å². The number of aryl methyl sites for hydroxylation is 1. The summed E-state index contributed by atoms with van der Waals surface area (Å²) in [5.41, 5.74) is 7.54. The molecule has 0 unspecified atom stereocenters. The molecule has 3 N–H and O–H groups in total. The summed E-state index contributed by atoms with van der Waals surface area (Å²) in [5.74, 6) is 0. The van der Waals surface area contributed by atoms with E-state index in [0.717, 1.165) is 20.9 Å². The number of nitrogens with one attached hydrogen (secondary N) is 1. The van der Waals surface area contributed by atoms with Crippen molar-refractivity contribution in [1.29, 1.82) is 0 Å². The number of aromatic nitrogens is 1. The largest absolute Gasteiger partial charge is 0.397 e. The maximum atomic E-state index is 5.86. The summed E-state index contributed by atoms with van der Waals surface area (Å²) in [7, 11) is 0. The second-order valence-electron chi connectivity index (χ2n) is 3.45. The zero-order valence-electron chi connectivity index (χ0n) is 8.83. The topological polar surface area (TPSA) is 50.9 Å². The number of anilines is 2. The zero-order chi connectivity index (χ0) is 11.5. The van der Waals surface area contributed by atoms with Crippen LogP contribution >= 0.6 is 27.3 Å². The van der Waals surface area contributed by atoms with E-state index in [1.165, 1.54) is 4.88 Å². The summed E-state index contributed by atoms with van der Waals surface area (Å²) in [6.45, 7) is 2.76. The molecule has 2 rings (SSSR count). The van der Waals surface area contributed by atoms with Crippen molar-refractivity contribution in [3.63, 3.8) is 0 Å². The average molecular weight is 298 g/mol. The van der Waals surface area contributed by atoms with Crippen LogP contribution in [0.3, 0.4) is 0 Å². The standard InChI is InChI=1S/C11H12BrN3S/c1-7-5-15-11(16-7)6-14-10-4-8(12)2-3-9(10)13/h2-5,14H,6,13H2,1H3. The fourth-order valence-corrected chi connectivity index (χ4v) is 2.42. The van der Waals surface area contributed by atoms with Crippen LogP contribution in [-0.2, 0) is 6.54 Å². The number of thiazole rings is 1. The molecule has 0 aliphatic rings. The molecule has 16 heavy (non-hydrogen) atoms. The Balaban J connectivity index is 2.07. The van der Waals surface area contributed by atoms with Gasteiger partial charge >= 0.3 is 0 Å². The quantitative estimate of drug-likeness (QED) is 0.854. The van der Waals surface area contributed by atoms with Gasteiger partial charge in [-0.3, -0.25) is 0 Å². The second kappa shape index (κ2) is 4.84. The molecule has 1 heterocycles. The number of nitrogens with two attached hydrogens (primary N) is 1. The van der Waals surface area contributed by atoms with Crippen LogP contribution in [0.4, 0.5) is 11.4 Å². The Morgan fingerprint density at radius 2 is 2.31 bits per heavy atom. The van der Waals surface area contributed by atoms with E-state index in [-0.39, 0.29) is 0 Å². The van der Waals surface area contributed by atoms with Gasteiger partial charge in [-0.1, -0.05) is 15.9 Å². The van der Waals surface area contributed by atoms with Gasteiger partial charge in [0.25, 0.3) is 0 Å². The number of halogens is 1. The fraction of sp³-hybridized carbons (Fsp3) is 0.182. The Kier molecular flexibility index (Phi) is 3.46. The molecule has 1 aromatic carbocycles. The smallest absolute Gasteiger partial charge is 0.112 e. The van der Waals surface area contributed by atoms with Gasteiger partial charge in [-0.15, -0.1) is 11.3 Å². The lowest BCUT2D eigenvalue weighted by atomic mass is 10.3. The van der Waals surface area contributed by atoms with Crippen LogP contribution < -0.4 is 11.1 Å². The van der Waals surface area contributed by atoms with Crippen molar-refractivity contribution in [2.45, 2.75) is 13.5 Å². The number of hydrogen-bond donors (Lipinski definition) is 2. The minimum absolute atomic E-state index is 0.708. The molecule has 1 aromatic heterocycles. The lowest BCUT2D eigenvalue weighted by Crippen LogP contribution is -2.01. The molecule has 0 saturated carbocycles. The summed E-state index contributed by atoms with van der Waals surface area (Å²) in [4.78, 5) is 5.51. The van der Waals surface area contributed by atoms with Crippen molar-refractivity contribution in [2.24, 2.45) is 0 Å². The molecule has 0 aliphatic carbocycles. The van der Waals surface area contributed by atoms with Gasteiger partial charge in [0.05, 0.1) is 17.9 Å². The average Bonchev–Trinajstić information content (AvgIpc) is 2.66. The van der Waals surface area contributed by atoms with E-state index in [0.29, 0.717) is 6.54 Å². The minimum Gasteiger partial charge on any atom is -0.397 e. The summed E-state index contributed by atoms with van der Waals surface area (Å²) in [6.07, 6.45) is 1.88. The van der Waals surface area contributed by atoms with Crippen LogP contribution in [0.5, 0.6) is 0 Å². The second-order valence-corrected chi connectivity index (χ2v) is 5.68. The Hall–Kier alpha value is -1.07. The van der Waals surface area contributed by atoms with Crippen molar-refractivity contribution in [1.82, 2.24) is 4.98 Å². The molecular weight excluding hydrogens is 286 g/mol. The summed E-state index contributed by atoms with van der Waals surface area (Å²) in [6, 6.07) is 5.77. The van der Waals surface area contributed by atoms with Gasteiger partial charge in [0.1, 0.15) is 5.01 Å². The third-order valence-corrected chi connectivity index (χ3v) is 3.52. The van der Waals surface area contributed by atoms with Crippen LogP contribution in [0.15, 0.2) is 28.9 Å². The Morgan fingerprint density at radius 3 is 3.00 bits per heavy atom. The third-order valence-electron chi connectivity index (χ3n) is 2.11. The first-order chi connectivity index (χ1) is 7.65. The highest BCUT2D eigenvalue weighted by Crippen LogP contribution is 2.24. The molecule has 0 amide bonds. The monoisotopic (exact) mass is 297 g/mol. The molecule has 0 radical (unpaired) electrons. The van der Waals surface area contributed by atoms with E-state index in [1.807, 2.05) is 24.4 Å². The van der Waals surface area contributed by atoms with Gasteiger partial charge in [0.2, 0.25) is 0 Å². The first-order valence-corrected chi connectivity index (χ1v) is 6.46. The molecule has 2 aromatic rings. The SMILES string of the molecule is Cc1cnc(CNc2cc(Br)ccc2N)s1. The lowest BCUT2D eigenvalue weighted by molar-refractivity contribution is 1.10. The summed E-state index contributed by atoms with van der Waals surface area (Å²) in [5, 5.41) is 4.34. The number of nitrogens with zero attached hydrogens (tertiary/aromatic N) is 1. The van der Waals surface area contributed by atoms with Gasteiger partial charge in [0, 0.05) is 15.5 Å². The Bertz CT molecular complexity index is 496. The molecular formula is C11H12BrN3S. The maximum absolute atomic E-state index is 5.86. The van der Waals surface area contributed by atoms with Gasteiger partial charge in [-0.05, 0) is 25.1 Å². The molecule has 0 fully saturated rings. The fourth-order valence-electron chi connectivity index (χ4n) is 1.34. The maximum Gasteiger partial charge on any atom is 0.112 e. The number of hydrogen-bond acceptors (Lipinski definition) is 4. The van der Waals surface area contributed by atoms with E-state index in [2.05, 4.69) is 33.2 Å². The molecule has 84 valence electrons.